The Balaban J connectivity index is 1.52. The van der Waals surface area contributed by atoms with Gasteiger partial charge in [0.1, 0.15) is 0 Å². The molecule has 0 radical (unpaired) electrons. The van der Waals surface area contributed by atoms with Crippen LogP contribution in [0.1, 0.15) is 17.2 Å². The Morgan fingerprint density at radius 2 is 1.81 bits per heavy atom. The highest BCUT2D eigenvalue weighted by Gasteiger charge is 2.25. The fourth-order valence-electron chi connectivity index (χ4n) is 2.95. The number of carbonyl (C=O) groups excluding carboxylic acids is 2. The molecule has 8 heteroatoms. The average molecular weight is 408 g/mol. The van der Waals surface area contributed by atoms with Gasteiger partial charge in [0.25, 0.3) is 0 Å². The van der Waals surface area contributed by atoms with Crippen LogP contribution >= 0.6 is 23.4 Å². The number of rotatable bonds is 6. The molecule has 1 atom stereocenters. The van der Waals surface area contributed by atoms with E-state index in [-0.39, 0.29) is 12.6 Å². The van der Waals surface area contributed by atoms with E-state index in [4.69, 9.17) is 16.0 Å². The Hall–Kier alpha value is -1.96. The van der Waals surface area contributed by atoms with Crippen molar-refractivity contribution in [3.05, 3.63) is 59.0 Å². The molecule has 1 saturated heterocycles. The van der Waals surface area contributed by atoms with E-state index in [1.165, 1.54) is 0 Å². The first-order valence-electron chi connectivity index (χ1n) is 8.78. The number of amides is 2. The number of thioether (sulfide) groups is 1. The van der Waals surface area contributed by atoms with Gasteiger partial charge < -0.3 is 15.1 Å². The van der Waals surface area contributed by atoms with E-state index in [2.05, 4.69) is 15.5 Å². The predicted octanol–water partition coefficient (Wildman–Crippen LogP) is 2.46. The summed E-state index contributed by atoms with van der Waals surface area (Å²) >= 11 is 7.76. The van der Waals surface area contributed by atoms with Crippen molar-refractivity contribution >= 4 is 35.2 Å². The van der Waals surface area contributed by atoms with Crippen molar-refractivity contribution in [1.82, 2.24) is 15.5 Å². The predicted molar refractivity (Wildman–Crippen MR) is 107 cm³/mol. The first-order chi connectivity index (χ1) is 13.1. The molecule has 1 aliphatic rings. The van der Waals surface area contributed by atoms with Crippen LogP contribution < -0.4 is 10.6 Å². The molecule has 2 N–H and O–H groups in total. The largest absolute Gasteiger partial charge is 0.472 e. The Morgan fingerprint density at radius 3 is 2.48 bits per heavy atom. The van der Waals surface area contributed by atoms with E-state index < -0.39 is 11.8 Å². The second kappa shape index (κ2) is 9.82. The quantitative estimate of drug-likeness (QED) is 0.719. The highest BCUT2D eigenvalue weighted by Crippen LogP contribution is 2.24. The Labute approximate surface area is 167 Å². The van der Waals surface area contributed by atoms with Crippen molar-refractivity contribution in [2.75, 3.05) is 31.1 Å². The highest BCUT2D eigenvalue weighted by atomic mass is 35.5. The van der Waals surface area contributed by atoms with Crippen molar-refractivity contribution in [2.24, 2.45) is 0 Å². The van der Waals surface area contributed by atoms with Gasteiger partial charge in [-0.05, 0) is 23.8 Å². The molecule has 2 aromatic rings. The molecular formula is C19H22ClN3O3S. The summed E-state index contributed by atoms with van der Waals surface area (Å²) in [6.07, 6.45) is 3.32. The normalized spacial score (nSPS) is 15.9. The van der Waals surface area contributed by atoms with E-state index >= 15 is 0 Å². The van der Waals surface area contributed by atoms with Gasteiger partial charge in [-0.1, -0.05) is 23.7 Å². The Bertz CT molecular complexity index is 746. The zero-order valence-electron chi connectivity index (χ0n) is 14.8. The summed E-state index contributed by atoms with van der Waals surface area (Å²) in [6, 6.07) is 9.01. The lowest BCUT2D eigenvalue weighted by molar-refractivity contribution is -0.139. The monoisotopic (exact) mass is 407 g/mol. The molecule has 0 spiro atoms. The molecule has 1 aliphatic heterocycles. The van der Waals surface area contributed by atoms with Crippen LogP contribution in [0.4, 0.5) is 0 Å². The fraction of sp³-hybridized carbons (Fsp3) is 0.368. The maximum atomic E-state index is 12.2. The minimum Gasteiger partial charge on any atom is -0.472 e. The first-order valence-corrected chi connectivity index (χ1v) is 10.3. The smallest absolute Gasteiger partial charge is 0.309 e. The zero-order chi connectivity index (χ0) is 19.1. The van der Waals surface area contributed by atoms with Crippen LogP contribution in [0, 0.1) is 0 Å². The highest BCUT2D eigenvalue weighted by molar-refractivity contribution is 7.99. The van der Waals surface area contributed by atoms with E-state index in [0.717, 1.165) is 35.7 Å². The number of hydrogen-bond donors (Lipinski definition) is 2. The molecule has 1 fully saturated rings. The van der Waals surface area contributed by atoms with Crippen molar-refractivity contribution in [2.45, 2.75) is 12.6 Å². The minimum atomic E-state index is -0.648. The van der Waals surface area contributed by atoms with Crippen LogP contribution in [0.25, 0.3) is 0 Å². The molecule has 1 aromatic heterocycles. The molecular weight excluding hydrogens is 386 g/mol. The lowest BCUT2D eigenvalue weighted by Crippen LogP contribution is -2.45. The molecule has 6 nitrogen and oxygen atoms in total. The number of carbonyl (C=O) groups is 2. The summed E-state index contributed by atoms with van der Waals surface area (Å²) in [5.41, 5.74) is 1.88. The molecule has 2 amide bonds. The van der Waals surface area contributed by atoms with Crippen LogP contribution in [0.5, 0.6) is 0 Å². The van der Waals surface area contributed by atoms with E-state index in [0.29, 0.717) is 11.6 Å². The molecule has 0 unspecified atom stereocenters. The topological polar surface area (TPSA) is 74.6 Å². The summed E-state index contributed by atoms with van der Waals surface area (Å²) in [6.45, 7) is 2.52. The maximum absolute atomic E-state index is 12.2. The Kier molecular flexibility index (Phi) is 7.20. The second-order valence-corrected chi connectivity index (χ2v) is 7.90. The lowest BCUT2D eigenvalue weighted by Gasteiger charge is -2.33. The van der Waals surface area contributed by atoms with Gasteiger partial charge in [0.2, 0.25) is 0 Å². The number of nitrogens with one attached hydrogen (secondary N) is 2. The molecule has 2 heterocycles. The SMILES string of the molecule is O=C(NCc1ccc(Cl)cc1)C(=O)NC[C@H](c1ccoc1)N1CCSCC1. The zero-order valence-corrected chi connectivity index (χ0v) is 16.4. The van der Waals surface area contributed by atoms with Gasteiger partial charge >= 0.3 is 11.8 Å². The fourth-order valence-corrected chi connectivity index (χ4v) is 4.00. The number of furan rings is 1. The van der Waals surface area contributed by atoms with E-state index in [1.807, 2.05) is 30.0 Å². The van der Waals surface area contributed by atoms with Crippen LogP contribution in [0.2, 0.25) is 5.02 Å². The van der Waals surface area contributed by atoms with Crippen molar-refractivity contribution in [3.8, 4) is 0 Å². The van der Waals surface area contributed by atoms with E-state index in [1.54, 1.807) is 24.7 Å². The molecule has 27 heavy (non-hydrogen) atoms. The van der Waals surface area contributed by atoms with Gasteiger partial charge in [0.05, 0.1) is 18.6 Å². The number of halogens is 1. The standard InChI is InChI=1S/C19H22ClN3O3S/c20-16-3-1-14(2-4-16)11-21-18(24)19(25)22-12-17(15-5-8-26-13-15)23-6-9-27-10-7-23/h1-5,8,13,17H,6-7,9-12H2,(H,21,24)(H,22,25)/t17-/m1/s1. The van der Waals surface area contributed by atoms with Gasteiger partial charge in [-0.15, -0.1) is 0 Å². The Morgan fingerprint density at radius 1 is 1.11 bits per heavy atom. The van der Waals surface area contributed by atoms with Gasteiger partial charge in [-0.3, -0.25) is 14.5 Å². The molecule has 0 bridgehead atoms. The van der Waals surface area contributed by atoms with Gasteiger partial charge in [-0.2, -0.15) is 11.8 Å². The number of nitrogens with zero attached hydrogens (tertiary/aromatic N) is 1. The third kappa shape index (κ3) is 5.76. The summed E-state index contributed by atoms with van der Waals surface area (Å²) in [5, 5.41) is 6.01. The molecule has 0 aliphatic carbocycles. The molecule has 0 saturated carbocycles. The molecule has 1 aromatic carbocycles. The van der Waals surface area contributed by atoms with Gasteiger partial charge in [0.15, 0.2) is 0 Å². The van der Waals surface area contributed by atoms with Crippen LogP contribution in [0.15, 0.2) is 47.3 Å². The number of hydrogen-bond acceptors (Lipinski definition) is 5. The van der Waals surface area contributed by atoms with Crippen LogP contribution in [-0.2, 0) is 16.1 Å². The first kappa shape index (κ1) is 19.8. The van der Waals surface area contributed by atoms with Crippen LogP contribution in [-0.4, -0.2) is 47.9 Å². The second-order valence-electron chi connectivity index (χ2n) is 6.24. The van der Waals surface area contributed by atoms with Crippen LogP contribution in [0.3, 0.4) is 0 Å². The van der Waals surface area contributed by atoms with E-state index in [9.17, 15) is 9.59 Å². The summed E-state index contributed by atoms with van der Waals surface area (Å²) in [5.74, 6) is 0.835. The van der Waals surface area contributed by atoms with Crippen molar-refractivity contribution in [3.63, 3.8) is 0 Å². The van der Waals surface area contributed by atoms with Gasteiger partial charge in [0, 0.05) is 48.3 Å². The maximum Gasteiger partial charge on any atom is 0.309 e. The minimum absolute atomic E-state index is 0.00216. The third-order valence-corrected chi connectivity index (χ3v) is 5.64. The molecule has 3 rings (SSSR count). The van der Waals surface area contributed by atoms with Gasteiger partial charge in [-0.25, -0.2) is 0 Å². The van der Waals surface area contributed by atoms with Crippen molar-refractivity contribution in [1.29, 1.82) is 0 Å². The summed E-state index contributed by atoms with van der Waals surface area (Å²) in [7, 11) is 0. The average Bonchev–Trinajstić information content (AvgIpc) is 3.22. The summed E-state index contributed by atoms with van der Waals surface area (Å²) in [4.78, 5) is 26.6. The third-order valence-electron chi connectivity index (χ3n) is 4.44. The molecule has 144 valence electrons. The summed E-state index contributed by atoms with van der Waals surface area (Å²) < 4.78 is 5.20. The van der Waals surface area contributed by atoms with Crippen molar-refractivity contribution < 1.29 is 14.0 Å². The number of benzene rings is 1. The lowest BCUT2D eigenvalue weighted by atomic mass is 10.1.